The van der Waals surface area contributed by atoms with Crippen molar-refractivity contribution in [3.63, 3.8) is 0 Å². The van der Waals surface area contributed by atoms with Gasteiger partial charge in [0.05, 0.1) is 5.56 Å². The molecule has 2 aliphatic rings. The van der Waals surface area contributed by atoms with Gasteiger partial charge in [-0.05, 0) is 50.8 Å². The fourth-order valence-corrected chi connectivity index (χ4v) is 4.79. The molecule has 1 aromatic rings. The molecule has 1 aromatic heterocycles. The highest BCUT2D eigenvalue weighted by Gasteiger charge is 2.27. The molecule has 0 spiro atoms. The molecule has 3 amide bonds. The van der Waals surface area contributed by atoms with Gasteiger partial charge in [0.25, 0.3) is 5.91 Å². The maximum atomic E-state index is 12.1. The minimum atomic E-state index is -0.749. The van der Waals surface area contributed by atoms with Crippen molar-refractivity contribution in [3.8, 4) is 0 Å². The zero-order valence-electron chi connectivity index (χ0n) is 14.2. The van der Waals surface area contributed by atoms with Crippen LogP contribution in [0.2, 0.25) is 0 Å². The number of carbonyl (C=O) groups excluding carboxylic acids is 3. The molecule has 136 valence electrons. The minimum absolute atomic E-state index is 0.368. The van der Waals surface area contributed by atoms with E-state index < -0.39 is 17.7 Å². The van der Waals surface area contributed by atoms with Crippen molar-refractivity contribution in [3.05, 3.63) is 16.0 Å². The number of piperidine rings is 1. The van der Waals surface area contributed by atoms with Crippen molar-refractivity contribution >= 4 is 34.1 Å². The molecule has 7 nitrogen and oxygen atoms in total. The molecule has 0 radical (unpaired) electrons. The Balaban J connectivity index is 1.53. The fraction of sp³-hybridized carbons (Fsp3) is 0.588. The minimum Gasteiger partial charge on any atom is -0.365 e. The smallest absolute Gasteiger partial charge is 0.314 e. The molecule has 4 N–H and O–H groups in total. The number of likely N-dealkylation sites (tertiary alicyclic amines) is 1. The molecule has 1 aliphatic carbocycles. The number of amides is 3. The lowest BCUT2D eigenvalue weighted by Gasteiger charge is -2.26. The monoisotopic (exact) mass is 364 g/mol. The van der Waals surface area contributed by atoms with Gasteiger partial charge >= 0.3 is 11.8 Å². The quantitative estimate of drug-likeness (QED) is 0.675. The molecule has 3 rings (SSSR count). The number of rotatable bonds is 5. The number of nitrogens with two attached hydrogens (primary N) is 1. The summed E-state index contributed by atoms with van der Waals surface area (Å²) >= 11 is 1.35. The maximum Gasteiger partial charge on any atom is 0.314 e. The van der Waals surface area contributed by atoms with Crippen molar-refractivity contribution in [2.75, 3.05) is 31.5 Å². The SMILES string of the molecule is NC(=O)c1c(NC(=O)C(=O)NCCN2CCCCC2)sc2c1CCC2. The first-order chi connectivity index (χ1) is 12.1. The lowest BCUT2D eigenvalue weighted by Crippen LogP contribution is -2.41. The molecular formula is C17H24N4O3S. The second kappa shape index (κ2) is 7.97. The van der Waals surface area contributed by atoms with Gasteiger partial charge < -0.3 is 21.3 Å². The number of thiophene rings is 1. The average molecular weight is 364 g/mol. The second-order valence-corrected chi connectivity index (χ2v) is 7.64. The van der Waals surface area contributed by atoms with Gasteiger partial charge in [-0.3, -0.25) is 14.4 Å². The summed E-state index contributed by atoms with van der Waals surface area (Å²) in [4.78, 5) is 39.2. The van der Waals surface area contributed by atoms with Gasteiger partial charge in [-0.25, -0.2) is 0 Å². The van der Waals surface area contributed by atoms with E-state index in [2.05, 4.69) is 15.5 Å². The van der Waals surface area contributed by atoms with Crippen LogP contribution in [0.1, 0.15) is 46.5 Å². The van der Waals surface area contributed by atoms with Gasteiger partial charge in [0.1, 0.15) is 5.00 Å². The number of anilines is 1. The zero-order chi connectivity index (χ0) is 17.8. The van der Waals surface area contributed by atoms with E-state index in [0.29, 0.717) is 17.1 Å². The summed E-state index contributed by atoms with van der Waals surface area (Å²) in [5.74, 6) is -1.98. The summed E-state index contributed by atoms with van der Waals surface area (Å²) in [6, 6.07) is 0. The number of fused-ring (bicyclic) bond motifs is 1. The standard InChI is InChI=1S/C17H24N4O3S/c18-14(22)13-11-5-4-6-12(11)25-17(13)20-16(24)15(23)19-7-10-21-8-2-1-3-9-21/h1-10H2,(H2,18,22)(H,19,23)(H,20,24). The van der Waals surface area contributed by atoms with Crippen molar-refractivity contribution in [1.29, 1.82) is 0 Å². The van der Waals surface area contributed by atoms with Gasteiger partial charge in [0.15, 0.2) is 0 Å². The highest BCUT2D eigenvalue weighted by Crippen LogP contribution is 2.38. The Morgan fingerprint density at radius 3 is 2.52 bits per heavy atom. The van der Waals surface area contributed by atoms with Gasteiger partial charge in [0, 0.05) is 18.0 Å². The molecular weight excluding hydrogens is 340 g/mol. The summed E-state index contributed by atoms with van der Waals surface area (Å²) in [5.41, 5.74) is 6.75. The first-order valence-corrected chi connectivity index (χ1v) is 9.64. The van der Waals surface area contributed by atoms with Crippen LogP contribution in [-0.2, 0) is 22.4 Å². The Morgan fingerprint density at radius 1 is 1.04 bits per heavy atom. The highest BCUT2D eigenvalue weighted by atomic mass is 32.1. The fourth-order valence-electron chi connectivity index (χ4n) is 3.50. The molecule has 0 unspecified atom stereocenters. The second-order valence-electron chi connectivity index (χ2n) is 6.54. The van der Waals surface area contributed by atoms with E-state index in [1.807, 2.05) is 0 Å². The lowest BCUT2D eigenvalue weighted by molar-refractivity contribution is -0.136. The van der Waals surface area contributed by atoms with E-state index in [0.717, 1.165) is 49.3 Å². The van der Waals surface area contributed by atoms with Gasteiger partial charge in [-0.2, -0.15) is 0 Å². The Labute approximate surface area is 150 Å². The normalized spacial score (nSPS) is 17.1. The number of carbonyl (C=O) groups is 3. The Hall–Kier alpha value is -1.93. The number of nitrogens with one attached hydrogen (secondary N) is 2. The first kappa shape index (κ1) is 17.9. The van der Waals surface area contributed by atoms with Crippen LogP contribution in [0.4, 0.5) is 5.00 Å². The van der Waals surface area contributed by atoms with Crippen LogP contribution in [0.25, 0.3) is 0 Å². The molecule has 0 bridgehead atoms. The van der Waals surface area contributed by atoms with E-state index in [9.17, 15) is 14.4 Å². The number of primary amides is 1. The predicted octanol–water partition coefficient (Wildman–Crippen LogP) is 0.876. The van der Waals surface area contributed by atoms with Gasteiger partial charge in [-0.15, -0.1) is 11.3 Å². The van der Waals surface area contributed by atoms with Crippen LogP contribution in [0.3, 0.4) is 0 Å². The molecule has 0 atom stereocenters. The third-order valence-electron chi connectivity index (χ3n) is 4.76. The number of hydrogen-bond donors (Lipinski definition) is 3. The third-order valence-corrected chi connectivity index (χ3v) is 5.97. The zero-order valence-corrected chi connectivity index (χ0v) is 15.0. The third kappa shape index (κ3) is 4.19. The Bertz CT molecular complexity index is 680. The Morgan fingerprint density at radius 2 is 1.80 bits per heavy atom. The van der Waals surface area contributed by atoms with Crippen LogP contribution < -0.4 is 16.4 Å². The molecule has 25 heavy (non-hydrogen) atoms. The van der Waals surface area contributed by atoms with E-state index >= 15 is 0 Å². The first-order valence-electron chi connectivity index (χ1n) is 8.82. The lowest BCUT2D eigenvalue weighted by atomic mass is 10.1. The number of nitrogens with zero attached hydrogens (tertiary/aromatic N) is 1. The van der Waals surface area contributed by atoms with Gasteiger partial charge in [0.2, 0.25) is 0 Å². The van der Waals surface area contributed by atoms with Crippen LogP contribution in [0, 0.1) is 0 Å². The van der Waals surface area contributed by atoms with E-state index in [1.165, 1.54) is 30.6 Å². The highest BCUT2D eigenvalue weighted by molar-refractivity contribution is 7.17. The molecule has 1 saturated heterocycles. The Kier molecular flexibility index (Phi) is 5.70. The summed E-state index contributed by atoms with van der Waals surface area (Å²) in [7, 11) is 0. The van der Waals surface area contributed by atoms with E-state index in [4.69, 9.17) is 5.73 Å². The molecule has 1 fully saturated rings. The van der Waals surface area contributed by atoms with Crippen LogP contribution in [-0.4, -0.2) is 48.8 Å². The number of hydrogen-bond acceptors (Lipinski definition) is 5. The average Bonchev–Trinajstić information content (AvgIpc) is 3.15. The molecule has 0 aromatic carbocycles. The van der Waals surface area contributed by atoms with Crippen LogP contribution in [0.15, 0.2) is 0 Å². The van der Waals surface area contributed by atoms with Crippen LogP contribution >= 0.6 is 11.3 Å². The van der Waals surface area contributed by atoms with E-state index in [1.54, 1.807) is 0 Å². The molecule has 8 heteroatoms. The summed E-state index contributed by atoms with van der Waals surface area (Å²) in [6.07, 6.45) is 6.31. The largest absolute Gasteiger partial charge is 0.365 e. The molecule has 0 saturated carbocycles. The summed E-state index contributed by atoms with van der Waals surface area (Å²) in [5, 5.41) is 5.60. The van der Waals surface area contributed by atoms with Gasteiger partial charge in [-0.1, -0.05) is 6.42 Å². The van der Waals surface area contributed by atoms with Crippen LogP contribution in [0.5, 0.6) is 0 Å². The topological polar surface area (TPSA) is 105 Å². The number of aryl methyl sites for hydroxylation is 1. The van der Waals surface area contributed by atoms with Crippen molar-refractivity contribution in [1.82, 2.24) is 10.2 Å². The summed E-state index contributed by atoms with van der Waals surface area (Å²) < 4.78 is 0. The predicted molar refractivity (Wildman–Crippen MR) is 96.8 cm³/mol. The van der Waals surface area contributed by atoms with Crippen molar-refractivity contribution in [2.45, 2.75) is 38.5 Å². The van der Waals surface area contributed by atoms with Crippen molar-refractivity contribution in [2.24, 2.45) is 5.73 Å². The summed E-state index contributed by atoms with van der Waals surface area (Å²) in [6.45, 7) is 3.28. The van der Waals surface area contributed by atoms with E-state index in [-0.39, 0.29) is 0 Å². The maximum absolute atomic E-state index is 12.1. The van der Waals surface area contributed by atoms with Crippen molar-refractivity contribution < 1.29 is 14.4 Å². The molecule has 2 heterocycles. The molecule has 1 aliphatic heterocycles.